The minimum atomic E-state index is -0.873. The van der Waals surface area contributed by atoms with Crippen LogP contribution in [0.1, 0.15) is 17.2 Å². The van der Waals surface area contributed by atoms with Crippen molar-refractivity contribution in [1.29, 1.82) is 0 Å². The van der Waals surface area contributed by atoms with Crippen LogP contribution in [0.5, 0.6) is 0 Å². The summed E-state index contributed by atoms with van der Waals surface area (Å²) in [5, 5.41) is 11.2. The molecule has 0 aliphatic carbocycles. The van der Waals surface area contributed by atoms with Crippen LogP contribution in [0, 0.1) is 6.92 Å². The van der Waals surface area contributed by atoms with Gasteiger partial charge in [-0.2, -0.15) is 0 Å². The van der Waals surface area contributed by atoms with Crippen LogP contribution in [0.2, 0.25) is 0 Å². The maximum Gasteiger partial charge on any atom is 0.249 e. The summed E-state index contributed by atoms with van der Waals surface area (Å²) in [5.74, 6) is -0.571. The van der Waals surface area contributed by atoms with E-state index in [1.54, 1.807) is 16.7 Å². The minimum absolute atomic E-state index is 0.0663. The maximum absolute atomic E-state index is 13.8. The topological polar surface area (TPSA) is 89.4 Å². The number of methoxy groups -OCH3 is 1. The normalized spacial score (nSPS) is 11.8. The van der Waals surface area contributed by atoms with Crippen molar-refractivity contribution in [2.75, 3.05) is 25.2 Å². The second-order valence-electron chi connectivity index (χ2n) is 7.94. The van der Waals surface area contributed by atoms with E-state index in [4.69, 9.17) is 4.74 Å². The quantitative estimate of drug-likeness (QED) is 0.390. The van der Waals surface area contributed by atoms with Crippen molar-refractivity contribution in [3.8, 4) is 0 Å². The number of ether oxygens (including phenoxy) is 1. The predicted octanol–water partition coefficient (Wildman–Crippen LogP) is 3.28. The monoisotopic (exact) mass is 457 g/mol. The number of carbonyl (C=O) groups is 2. The highest BCUT2D eigenvalue weighted by Gasteiger charge is 2.33. The Kier molecular flexibility index (Phi) is 7.29. The Balaban J connectivity index is 1.76. The zero-order valence-electron chi connectivity index (χ0n) is 19.2. The number of benzene rings is 3. The number of amides is 2. The SMILES string of the molecule is COCCNC(=O)[C@H](c1ccccc1)N(C(=O)Cn1nnc2ccccc21)c1cccc(C)c1. The van der Waals surface area contributed by atoms with Crippen LogP contribution in [0.4, 0.5) is 5.69 Å². The number of aromatic nitrogens is 3. The van der Waals surface area contributed by atoms with Crippen molar-refractivity contribution in [2.45, 2.75) is 19.5 Å². The van der Waals surface area contributed by atoms with Gasteiger partial charge in [0.2, 0.25) is 11.8 Å². The number of nitrogens with one attached hydrogen (secondary N) is 1. The molecule has 4 rings (SSSR count). The van der Waals surface area contributed by atoms with Gasteiger partial charge in [0.05, 0.1) is 12.1 Å². The van der Waals surface area contributed by atoms with Crippen LogP contribution in [-0.2, 0) is 20.9 Å². The number of nitrogens with zero attached hydrogens (tertiary/aromatic N) is 4. The van der Waals surface area contributed by atoms with Crippen molar-refractivity contribution in [3.63, 3.8) is 0 Å². The molecule has 0 radical (unpaired) electrons. The van der Waals surface area contributed by atoms with Gasteiger partial charge in [-0.25, -0.2) is 4.68 Å². The number of carbonyl (C=O) groups excluding carboxylic acids is 2. The zero-order chi connectivity index (χ0) is 23.9. The molecule has 8 nitrogen and oxygen atoms in total. The molecule has 0 unspecified atom stereocenters. The van der Waals surface area contributed by atoms with E-state index in [9.17, 15) is 9.59 Å². The number of anilines is 1. The van der Waals surface area contributed by atoms with Crippen LogP contribution < -0.4 is 10.2 Å². The van der Waals surface area contributed by atoms with Crippen molar-refractivity contribution in [3.05, 3.63) is 90.0 Å². The Hall–Kier alpha value is -4.04. The standard InChI is InChI=1S/C26H27N5O3/c1-19-9-8-12-21(17-19)31(24(32)18-30-23-14-7-6-13-22(23)28-29-30)25(20-10-4-3-5-11-20)26(33)27-15-16-34-2/h3-14,17,25H,15-16,18H2,1-2H3,(H,27,33)/t25-/m0/s1. The predicted molar refractivity (Wildman–Crippen MR) is 130 cm³/mol. The lowest BCUT2D eigenvalue weighted by Gasteiger charge is -2.31. The fourth-order valence-electron chi connectivity index (χ4n) is 3.88. The van der Waals surface area contributed by atoms with Crippen molar-refractivity contribution >= 4 is 28.5 Å². The Morgan fingerprint density at radius 1 is 1.03 bits per heavy atom. The molecule has 0 spiro atoms. The minimum Gasteiger partial charge on any atom is -0.383 e. The van der Waals surface area contributed by atoms with E-state index < -0.39 is 6.04 Å². The van der Waals surface area contributed by atoms with Gasteiger partial charge in [-0.1, -0.05) is 59.8 Å². The number of hydrogen-bond donors (Lipinski definition) is 1. The van der Waals surface area contributed by atoms with E-state index in [0.29, 0.717) is 29.9 Å². The van der Waals surface area contributed by atoms with Crippen molar-refractivity contribution < 1.29 is 14.3 Å². The van der Waals surface area contributed by atoms with Gasteiger partial charge in [0.25, 0.3) is 0 Å². The van der Waals surface area contributed by atoms with Gasteiger partial charge in [-0.15, -0.1) is 5.10 Å². The fourth-order valence-corrected chi connectivity index (χ4v) is 3.88. The molecular formula is C26H27N5O3. The molecule has 0 fully saturated rings. The molecule has 8 heteroatoms. The average molecular weight is 458 g/mol. The summed E-state index contributed by atoms with van der Waals surface area (Å²) >= 11 is 0. The molecule has 0 saturated carbocycles. The lowest BCUT2D eigenvalue weighted by atomic mass is 10.0. The summed E-state index contributed by atoms with van der Waals surface area (Å²) in [6.07, 6.45) is 0. The Morgan fingerprint density at radius 3 is 2.56 bits per heavy atom. The number of fused-ring (bicyclic) bond motifs is 1. The molecule has 1 heterocycles. The molecule has 2 amide bonds. The molecule has 1 aromatic heterocycles. The zero-order valence-corrected chi connectivity index (χ0v) is 19.2. The van der Waals surface area contributed by atoms with Gasteiger partial charge in [0.1, 0.15) is 18.1 Å². The Bertz CT molecular complexity index is 1270. The molecular weight excluding hydrogens is 430 g/mol. The number of rotatable bonds is 9. The number of aryl methyl sites for hydroxylation is 1. The fraction of sp³-hybridized carbons (Fsp3) is 0.231. The molecule has 0 aliphatic heterocycles. The van der Waals surface area contributed by atoms with Crippen LogP contribution in [-0.4, -0.2) is 47.1 Å². The van der Waals surface area contributed by atoms with Crippen LogP contribution in [0.25, 0.3) is 11.0 Å². The molecule has 3 aromatic carbocycles. The van der Waals surface area contributed by atoms with Crippen molar-refractivity contribution in [2.24, 2.45) is 0 Å². The highest BCUT2D eigenvalue weighted by atomic mass is 16.5. The van der Waals surface area contributed by atoms with Gasteiger partial charge >= 0.3 is 0 Å². The smallest absolute Gasteiger partial charge is 0.249 e. The largest absolute Gasteiger partial charge is 0.383 e. The second-order valence-corrected chi connectivity index (χ2v) is 7.94. The summed E-state index contributed by atoms with van der Waals surface area (Å²) in [4.78, 5) is 28.8. The van der Waals surface area contributed by atoms with Crippen LogP contribution in [0.3, 0.4) is 0 Å². The van der Waals surface area contributed by atoms with E-state index >= 15 is 0 Å². The molecule has 1 N–H and O–H groups in total. The van der Waals surface area contributed by atoms with Gasteiger partial charge < -0.3 is 10.1 Å². The summed E-state index contributed by atoms with van der Waals surface area (Å²) < 4.78 is 6.64. The van der Waals surface area contributed by atoms with E-state index in [1.165, 1.54) is 0 Å². The van der Waals surface area contributed by atoms with Crippen molar-refractivity contribution in [1.82, 2.24) is 20.3 Å². The summed E-state index contributed by atoms with van der Waals surface area (Å²) in [6.45, 7) is 2.59. The summed E-state index contributed by atoms with van der Waals surface area (Å²) in [7, 11) is 1.58. The summed E-state index contributed by atoms with van der Waals surface area (Å²) in [5.41, 5.74) is 3.77. The third-order valence-electron chi connectivity index (χ3n) is 5.48. The lowest BCUT2D eigenvalue weighted by Crippen LogP contribution is -2.46. The average Bonchev–Trinajstić information content (AvgIpc) is 3.25. The number of para-hydroxylation sites is 1. The molecule has 34 heavy (non-hydrogen) atoms. The lowest BCUT2D eigenvalue weighted by molar-refractivity contribution is -0.127. The first-order valence-electron chi connectivity index (χ1n) is 11.1. The van der Waals surface area contributed by atoms with Gasteiger partial charge in [-0.3, -0.25) is 14.5 Å². The highest BCUT2D eigenvalue weighted by Crippen LogP contribution is 2.29. The van der Waals surface area contributed by atoms with E-state index in [0.717, 1.165) is 11.1 Å². The second kappa shape index (κ2) is 10.7. The Morgan fingerprint density at radius 2 is 1.79 bits per heavy atom. The first kappa shape index (κ1) is 23.1. The van der Waals surface area contributed by atoms with Gasteiger partial charge in [0, 0.05) is 19.3 Å². The molecule has 1 atom stereocenters. The van der Waals surface area contributed by atoms with E-state index in [-0.39, 0.29) is 18.4 Å². The molecule has 4 aromatic rings. The molecule has 0 bridgehead atoms. The highest BCUT2D eigenvalue weighted by molar-refractivity contribution is 6.01. The van der Waals surface area contributed by atoms with E-state index in [2.05, 4.69) is 15.6 Å². The maximum atomic E-state index is 13.8. The molecule has 0 aliphatic rings. The third-order valence-corrected chi connectivity index (χ3v) is 5.48. The molecule has 0 saturated heterocycles. The number of hydrogen-bond acceptors (Lipinski definition) is 5. The molecule has 174 valence electrons. The first-order chi connectivity index (χ1) is 16.6. The first-order valence-corrected chi connectivity index (χ1v) is 11.1. The third kappa shape index (κ3) is 5.13. The van der Waals surface area contributed by atoms with Crippen LogP contribution >= 0.6 is 0 Å². The van der Waals surface area contributed by atoms with Gasteiger partial charge in [-0.05, 0) is 42.3 Å². The Labute approximate surface area is 198 Å². The van der Waals surface area contributed by atoms with E-state index in [1.807, 2.05) is 85.8 Å². The van der Waals surface area contributed by atoms with Crippen LogP contribution in [0.15, 0.2) is 78.9 Å². The van der Waals surface area contributed by atoms with Gasteiger partial charge in [0.15, 0.2) is 0 Å². The summed E-state index contributed by atoms with van der Waals surface area (Å²) in [6, 6.07) is 23.4.